The molecule has 2 aromatic heterocycles. The Morgan fingerprint density at radius 2 is 2.22 bits per heavy atom. The highest BCUT2D eigenvalue weighted by Crippen LogP contribution is 2.28. The minimum Gasteiger partial charge on any atom is -0.306 e. The van der Waals surface area contributed by atoms with Crippen LogP contribution in [0.25, 0.3) is 0 Å². The maximum atomic E-state index is 4.54. The van der Waals surface area contributed by atoms with Crippen molar-refractivity contribution >= 4 is 11.3 Å². The van der Waals surface area contributed by atoms with Gasteiger partial charge in [0.2, 0.25) is 0 Å². The summed E-state index contributed by atoms with van der Waals surface area (Å²) in [7, 11) is 1.99. The van der Waals surface area contributed by atoms with Gasteiger partial charge in [-0.05, 0) is 36.9 Å². The number of nitrogens with one attached hydrogen (secondary N) is 1. The van der Waals surface area contributed by atoms with Crippen molar-refractivity contribution in [2.24, 2.45) is 7.05 Å². The molecule has 3 nitrogen and oxygen atoms in total. The number of aromatic nitrogens is 2. The molecule has 0 saturated carbocycles. The van der Waals surface area contributed by atoms with E-state index in [-0.39, 0.29) is 6.04 Å². The van der Waals surface area contributed by atoms with E-state index in [1.165, 1.54) is 21.7 Å². The summed E-state index contributed by atoms with van der Waals surface area (Å²) in [5.41, 5.74) is 3.84. The van der Waals surface area contributed by atoms with E-state index in [4.69, 9.17) is 0 Å². The summed E-state index contributed by atoms with van der Waals surface area (Å²) >= 11 is 1.81. The topological polar surface area (TPSA) is 29.9 Å². The minimum absolute atomic E-state index is 0.267. The Bertz CT molecular complexity index is 513. The molecule has 0 bridgehead atoms. The lowest BCUT2D eigenvalue weighted by atomic mass is 10.0. The van der Waals surface area contributed by atoms with Gasteiger partial charge in [0.05, 0.1) is 11.7 Å². The smallest absolute Gasteiger partial charge is 0.0673 e. The predicted octanol–water partition coefficient (Wildman–Crippen LogP) is 3.05. The molecule has 1 unspecified atom stereocenters. The van der Waals surface area contributed by atoms with Gasteiger partial charge in [-0.1, -0.05) is 13.8 Å². The molecule has 0 aromatic carbocycles. The lowest BCUT2D eigenvalue weighted by Crippen LogP contribution is -2.22. The monoisotopic (exact) mass is 263 g/mol. The number of nitrogens with zero attached hydrogens (tertiary/aromatic N) is 2. The first-order valence-electron chi connectivity index (χ1n) is 6.46. The Labute approximate surface area is 113 Å². The molecule has 1 N–H and O–H groups in total. The molecular weight excluding hydrogens is 242 g/mol. The van der Waals surface area contributed by atoms with E-state index in [1.807, 2.05) is 11.7 Å². The first-order valence-corrected chi connectivity index (χ1v) is 7.34. The van der Waals surface area contributed by atoms with Gasteiger partial charge < -0.3 is 5.32 Å². The molecule has 0 spiro atoms. The Kier molecular flexibility index (Phi) is 4.19. The molecule has 1 atom stereocenters. The van der Waals surface area contributed by atoms with Crippen LogP contribution < -0.4 is 5.32 Å². The Morgan fingerprint density at radius 3 is 2.78 bits per heavy atom. The zero-order valence-electron chi connectivity index (χ0n) is 11.5. The van der Waals surface area contributed by atoms with E-state index in [0.717, 1.165) is 13.0 Å². The van der Waals surface area contributed by atoms with Crippen molar-refractivity contribution in [2.75, 3.05) is 6.54 Å². The molecular formula is C14H21N3S. The lowest BCUT2D eigenvalue weighted by molar-refractivity contribution is 0.627. The van der Waals surface area contributed by atoms with E-state index in [0.29, 0.717) is 0 Å². The zero-order valence-corrected chi connectivity index (χ0v) is 12.3. The first kappa shape index (κ1) is 13.3. The van der Waals surface area contributed by atoms with Gasteiger partial charge in [-0.3, -0.25) is 4.68 Å². The van der Waals surface area contributed by atoms with Crippen molar-refractivity contribution in [1.82, 2.24) is 15.1 Å². The van der Waals surface area contributed by atoms with Crippen LogP contribution >= 0.6 is 11.3 Å². The van der Waals surface area contributed by atoms with Crippen molar-refractivity contribution < 1.29 is 0 Å². The molecule has 2 heterocycles. The van der Waals surface area contributed by atoms with Crippen LogP contribution in [0.1, 0.15) is 41.6 Å². The van der Waals surface area contributed by atoms with E-state index in [1.54, 1.807) is 11.3 Å². The summed E-state index contributed by atoms with van der Waals surface area (Å²) in [5, 5.41) is 10.4. The third-order valence-corrected chi connectivity index (χ3v) is 3.96. The second kappa shape index (κ2) is 5.67. The third-order valence-electron chi connectivity index (χ3n) is 3.08. The summed E-state index contributed by atoms with van der Waals surface area (Å²) < 4.78 is 1.91. The van der Waals surface area contributed by atoms with Crippen LogP contribution in [-0.2, 0) is 13.5 Å². The predicted molar refractivity (Wildman–Crippen MR) is 77.2 cm³/mol. The van der Waals surface area contributed by atoms with Crippen LogP contribution in [0.4, 0.5) is 0 Å². The highest BCUT2D eigenvalue weighted by molar-refractivity contribution is 7.10. The van der Waals surface area contributed by atoms with Gasteiger partial charge in [0.25, 0.3) is 0 Å². The molecule has 0 aliphatic heterocycles. The molecule has 0 saturated heterocycles. The number of hydrogen-bond donors (Lipinski definition) is 1. The molecule has 98 valence electrons. The largest absolute Gasteiger partial charge is 0.306 e. The minimum atomic E-state index is 0.267. The zero-order chi connectivity index (χ0) is 13.1. The van der Waals surface area contributed by atoms with Gasteiger partial charge in [0.1, 0.15) is 0 Å². The van der Waals surface area contributed by atoms with Crippen molar-refractivity contribution in [3.63, 3.8) is 0 Å². The van der Waals surface area contributed by atoms with Crippen LogP contribution in [0, 0.1) is 6.92 Å². The number of aryl methyl sites for hydroxylation is 3. The standard InChI is InChI=1S/C14H21N3S/c1-5-13-12(8-17(4)16-13)14(15-6-2)11-7-10(3)18-9-11/h7-9,14-15H,5-6H2,1-4H3. The molecule has 2 rings (SSSR count). The van der Waals surface area contributed by atoms with E-state index in [2.05, 4.69) is 48.8 Å². The van der Waals surface area contributed by atoms with Gasteiger partial charge >= 0.3 is 0 Å². The highest BCUT2D eigenvalue weighted by Gasteiger charge is 2.19. The molecule has 0 aliphatic carbocycles. The van der Waals surface area contributed by atoms with Gasteiger partial charge in [0, 0.05) is 23.7 Å². The maximum absolute atomic E-state index is 4.54. The van der Waals surface area contributed by atoms with Crippen LogP contribution in [0.3, 0.4) is 0 Å². The summed E-state index contributed by atoms with van der Waals surface area (Å²) in [6.07, 6.45) is 3.11. The third kappa shape index (κ3) is 2.65. The van der Waals surface area contributed by atoms with E-state index < -0.39 is 0 Å². The number of thiophene rings is 1. The second-order valence-corrected chi connectivity index (χ2v) is 5.66. The Morgan fingerprint density at radius 1 is 1.44 bits per heavy atom. The van der Waals surface area contributed by atoms with E-state index >= 15 is 0 Å². The van der Waals surface area contributed by atoms with Crippen molar-refractivity contribution in [3.8, 4) is 0 Å². The molecule has 0 fully saturated rings. The molecule has 2 aromatic rings. The fourth-order valence-corrected chi connectivity index (χ4v) is 3.03. The van der Waals surface area contributed by atoms with Crippen LogP contribution in [0.15, 0.2) is 17.6 Å². The second-order valence-electron chi connectivity index (χ2n) is 4.54. The fraction of sp³-hybridized carbons (Fsp3) is 0.500. The van der Waals surface area contributed by atoms with Gasteiger partial charge in [0.15, 0.2) is 0 Å². The SMILES string of the molecule is CCNC(c1csc(C)c1)c1cn(C)nc1CC. The van der Waals surface area contributed by atoms with Crippen LogP contribution in [0.2, 0.25) is 0 Å². The summed E-state index contributed by atoms with van der Waals surface area (Å²) in [6, 6.07) is 2.54. The molecule has 18 heavy (non-hydrogen) atoms. The van der Waals surface area contributed by atoms with E-state index in [9.17, 15) is 0 Å². The maximum Gasteiger partial charge on any atom is 0.0673 e. The summed E-state index contributed by atoms with van der Waals surface area (Å²) in [4.78, 5) is 1.36. The molecule has 0 radical (unpaired) electrons. The fourth-order valence-electron chi connectivity index (χ4n) is 2.30. The number of rotatable bonds is 5. The normalized spacial score (nSPS) is 12.9. The summed E-state index contributed by atoms with van der Waals surface area (Å²) in [6.45, 7) is 7.42. The van der Waals surface area contributed by atoms with Crippen molar-refractivity contribution in [2.45, 2.75) is 33.2 Å². The first-order chi connectivity index (χ1) is 8.65. The van der Waals surface area contributed by atoms with Gasteiger partial charge in [-0.2, -0.15) is 5.10 Å². The van der Waals surface area contributed by atoms with Crippen LogP contribution in [-0.4, -0.2) is 16.3 Å². The lowest BCUT2D eigenvalue weighted by Gasteiger charge is -2.16. The highest BCUT2D eigenvalue weighted by atomic mass is 32.1. The van der Waals surface area contributed by atoms with Crippen molar-refractivity contribution in [1.29, 1.82) is 0 Å². The average Bonchev–Trinajstić information content (AvgIpc) is 2.92. The molecule has 0 aliphatic rings. The quantitative estimate of drug-likeness (QED) is 0.898. The average molecular weight is 263 g/mol. The Hall–Kier alpha value is -1.13. The van der Waals surface area contributed by atoms with Crippen LogP contribution in [0.5, 0.6) is 0 Å². The molecule has 0 amide bonds. The summed E-state index contributed by atoms with van der Waals surface area (Å²) in [5.74, 6) is 0. The molecule has 4 heteroatoms. The van der Waals surface area contributed by atoms with Gasteiger partial charge in [-0.25, -0.2) is 0 Å². The van der Waals surface area contributed by atoms with Gasteiger partial charge in [-0.15, -0.1) is 11.3 Å². The van der Waals surface area contributed by atoms with Crippen molar-refractivity contribution in [3.05, 3.63) is 39.3 Å². The Balaban J connectivity index is 2.40. The number of hydrogen-bond acceptors (Lipinski definition) is 3.